The van der Waals surface area contributed by atoms with Gasteiger partial charge < -0.3 is 0 Å². The topological polar surface area (TPSA) is 63.2 Å². The molecule has 26 heavy (non-hydrogen) atoms. The van der Waals surface area contributed by atoms with Gasteiger partial charge in [0.1, 0.15) is 5.82 Å². The summed E-state index contributed by atoms with van der Waals surface area (Å²) in [6, 6.07) is 5.00. The maximum absolute atomic E-state index is 14.2. The molecule has 0 aliphatic carbocycles. The van der Waals surface area contributed by atoms with Gasteiger partial charge in [0.25, 0.3) is 5.91 Å². The number of benzene rings is 2. The largest absolute Gasteiger partial charge is 0.417 e. The maximum Gasteiger partial charge on any atom is 0.417 e. The number of halogens is 5. The fourth-order valence-electron chi connectivity index (χ4n) is 2.30. The van der Waals surface area contributed by atoms with Crippen molar-refractivity contribution in [1.29, 1.82) is 0 Å². The van der Waals surface area contributed by atoms with Crippen LogP contribution < -0.4 is 4.72 Å². The van der Waals surface area contributed by atoms with Crippen LogP contribution in [0.3, 0.4) is 0 Å². The Bertz CT molecular complexity index is 988. The first-order valence-corrected chi connectivity index (χ1v) is 9.26. The van der Waals surface area contributed by atoms with E-state index in [-0.39, 0.29) is 11.1 Å². The first-order chi connectivity index (χ1) is 11.8. The van der Waals surface area contributed by atoms with Crippen molar-refractivity contribution < 1.29 is 30.8 Å². The van der Waals surface area contributed by atoms with Crippen molar-refractivity contribution in [2.45, 2.75) is 13.1 Å². The molecule has 0 fully saturated rings. The Morgan fingerprint density at radius 2 is 1.77 bits per heavy atom. The third-order valence-electron chi connectivity index (χ3n) is 3.42. The van der Waals surface area contributed by atoms with Crippen LogP contribution in [0, 0.1) is 12.7 Å². The van der Waals surface area contributed by atoms with Crippen molar-refractivity contribution in [1.82, 2.24) is 4.72 Å². The zero-order valence-electron chi connectivity index (χ0n) is 13.4. The minimum absolute atomic E-state index is 0.217. The second kappa shape index (κ2) is 6.88. The minimum Gasteiger partial charge on any atom is -0.268 e. The van der Waals surface area contributed by atoms with Crippen molar-refractivity contribution in [3.8, 4) is 11.1 Å². The maximum atomic E-state index is 14.2. The summed E-state index contributed by atoms with van der Waals surface area (Å²) < 4.78 is 76.4. The van der Waals surface area contributed by atoms with E-state index in [9.17, 15) is 30.8 Å². The number of hydrogen-bond donors (Lipinski definition) is 1. The lowest BCUT2D eigenvalue weighted by Crippen LogP contribution is -2.30. The number of hydrogen-bond acceptors (Lipinski definition) is 3. The summed E-state index contributed by atoms with van der Waals surface area (Å²) in [5.41, 5.74) is -0.746. The fraction of sp³-hybridized carbons (Fsp3) is 0.188. The van der Waals surface area contributed by atoms with Crippen LogP contribution in [0.1, 0.15) is 21.5 Å². The van der Waals surface area contributed by atoms with Gasteiger partial charge in [-0.1, -0.05) is 17.7 Å². The van der Waals surface area contributed by atoms with E-state index in [0.717, 1.165) is 36.6 Å². The highest BCUT2D eigenvalue weighted by Crippen LogP contribution is 2.37. The molecule has 1 N–H and O–H groups in total. The lowest BCUT2D eigenvalue weighted by Gasteiger charge is -2.13. The van der Waals surface area contributed by atoms with Crippen molar-refractivity contribution in [3.05, 3.63) is 57.9 Å². The van der Waals surface area contributed by atoms with E-state index >= 15 is 0 Å². The first kappa shape index (κ1) is 20.2. The van der Waals surface area contributed by atoms with E-state index in [2.05, 4.69) is 0 Å². The Morgan fingerprint density at radius 3 is 2.27 bits per heavy atom. The van der Waals surface area contributed by atoms with Crippen molar-refractivity contribution in [2.75, 3.05) is 6.26 Å². The summed E-state index contributed by atoms with van der Waals surface area (Å²) in [5.74, 6) is -2.17. The number of sulfonamides is 1. The molecule has 2 rings (SSSR count). The number of amides is 1. The Labute approximate surface area is 151 Å². The molecule has 1 amide bonds. The number of alkyl halides is 3. The van der Waals surface area contributed by atoms with Crippen LogP contribution >= 0.6 is 11.6 Å². The summed E-state index contributed by atoms with van der Waals surface area (Å²) in [5, 5.41) is -0.547. The summed E-state index contributed by atoms with van der Waals surface area (Å²) >= 11 is 5.67. The SMILES string of the molecule is Cc1cc(C(=O)NS(C)(=O)=O)c(F)cc1-c1ccc(C(F)(F)F)c(Cl)c1. The van der Waals surface area contributed by atoms with Crippen LogP contribution in [0.5, 0.6) is 0 Å². The molecule has 0 atom stereocenters. The van der Waals surface area contributed by atoms with Gasteiger partial charge in [0, 0.05) is 0 Å². The molecule has 0 spiro atoms. The molecule has 0 heterocycles. The summed E-state index contributed by atoms with van der Waals surface area (Å²) in [7, 11) is -3.88. The van der Waals surface area contributed by atoms with E-state index in [1.54, 1.807) is 4.72 Å². The fourth-order valence-corrected chi connectivity index (χ4v) is 3.04. The molecule has 0 unspecified atom stereocenters. The molecule has 0 saturated carbocycles. The Kier molecular flexibility index (Phi) is 5.34. The van der Waals surface area contributed by atoms with Gasteiger partial charge in [-0.3, -0.25) is 4.79 Å². The predicted octanol–water partition coefficient (Wildman–Crippen LogP) is 4.16. The van der Waals surface area contributed by atoms with Crippen LogP contribution in [0.2, 0.25) is 5.02 Å². The smallest absolute Gasteiger partial charge is 0.268 e. The van der Waals surface area contributed by atoms with Gasteiger partial charge in [-0.15, -0.1) is 0 Å². The van der Waals surface area contributed by atoms with Crippen LogP contribution in [0.4, 0.5) is 17.6 Å². The van der Waals surface area contributed by atoms with E-state index in [4.69, 9.17) is 11.6 Å². The Hall–Kier alpha value is -2.13. The van der Waals surface area contributed by atoms with E-state index in [1.165, 1.54) is 6.92 Å². The second-order valence-corrected chi connectivity index (χ2v) is 7.70. The third kappa shape index (κ3) is 4.53. The minimum atomic E-state index is -4.62. The van der Waals surface area contributed by atoms with Gasteiger partial charge in [-0.2, -0.15) is 13.2 Å². The van der Waals surface area contributed by atoms with Gasteiger partial charge in [0.05, 0.1) is 22.4 Å². The normalized spacial score (nSPS) is 12.1. The monoisotopic (exact) mass is 409 g/mol. The standard InChI is InChI=1S/C16H12ClF4NO3S/c1-8-5-11(15(23)22-26(2,24)25)14(18)7-10(8)9-3-4-12(13(17)6-9)16(19,20)21/h3-7H,1-2H3,(H,22,23). The second-order valence-electron chi connectivity index (χ2n) is 5.54. The highest BCUT2D eigenvalue weighted by Gasteiger charge is 2.33. The molecular weight excluding hydrogens is 398 g/mol. The number of carbonyl (C=O) groups excluding carboxylic acids is 1. The molecule has 0 radical (unpaired) electrons. The van der Waals surface area contributed by atoms with Crippen molar-refractivity contribution >= 4 is 27.5 Å². The lowest BCUT2D eigenvalue weighted by atomic mass is 9.97. The molecule has 2 aromatic rings. The molecule has 0 bridgehead atoms. The van der Waals surface area contributed by atoms with Crippen LogP contribution in [-0.2, 0) is 16.2 Å². The predicted molar refractivity (Wildman–Crippen MR) is 88.9 cm³/mol. The number of carbonyl (C=O) groups is 1. The van der Waals surface area contributed by atoms with Crippen LogP contribution in [-0.4, -0.2) is 20.6 Å². The average molecular weight is 410 g/mol. The molecule has 10 heteroatoms. The van der Waals surface area contributed by atoms with Gasteiger partial charge in [0.15, 0.2) is 0 Å². The number of aryl methyl sites for hydroxylation is 1. The summed E-state index contributed by atoms with van der Waals surface area (Å²) in [6.07, 6.45) is -3.88. The molecule has 4 nitrogen and oxygen atoms in total. The molecular formula is C16H12ClF4NO3S. The third-order valence-corrected chi connectivity index (χ3v) is 4.29. The van der Waals surface area contributed by atoms with Gasteiger partial charge >= 0.3 is 6.18 Å². The molecule has 140 valence electrons. The lowest BCUT2D eigenvalue weighted by molar-refractivity contribution is -0.137. The Morgan fingerprint density at radius 1 is 1.15 bits per heavy atom. The van der Waals surface area contributed by atoms with Crippen LogP contribution in [0.25, 0.3) is 11.1 Å². The van der Waals surface area contributed by atoms with E-state index in [0.29, 0.717) is 5.56 Å². The van der Waals surface area contributed by atoms with Crippen LogP contribution in [0.15, 0.2) is 30.3 Å². The number of nitrogens with one attached hydrogen (secondary N) is 1. The number of rotatable bonds is 3. The molecule has 0 aliphatic heterocycles. The average Bonchev–Trinajstić information content (AvgIpc) is 2.45. The highest BCUT2D eigenvalue weighted by molar-refractivity contribution is 7.89. The van der Waals surface area contributed by atoms with E-state index < -0.39 is 44.1 Å². The zero-order chi connectivity index (χ0) is 19.9. The highest BCUT2D eigenvalue weighted by atomic mass is 35.5. The summed E-state index contributed by atoms with van der Waals surface area (Å²) in [6.45, 7) is 1.50. The quantitative estimate of drug-likeness (QED) is 0.774. The van der Waals surface area contributed by atoms with Crippen molar-refractivity contribution in [3.63, 3.8) is 0 Å². The zero-order valence-corrected chi connectivity index (χ0v) is 15.0. The molecule has 0 aromatic heterocycles. The molecule has 0 saturated heterocycles. The first-order valence-electron chi connectivity index (χ1n) is 6.99. The van der Waals surface area contributed by atoms with Gasteiger partial charge in [0.2, 0.25) is 10.0 Å². The van der Waals surface area contributed by atoms with E-state index in [1.807, 2.05) is 0 Å². The summed E-state index contributed by atoms with van der Waals surface area (Å²) in [4.78, 5) is 11.8. The van der Waals surface area contributed by atoms with Gasteiger partial charge in [-0.25, -0.2) is 17.5 Å². The van der Waals surface area contributed by atoms with Gasteiger partial charge in [-0.05, 0) is 47.9 Å². The van der Waals surface area contributed by atoms with Crippen molar-refractivity contribution in [2.24, 2.45) is 0 Å². The Balaban J connectivity index is 2.49. The molecule has 2 aromatic carbocycles. The molecule has 0 aliphatic rings.